The van der Waals surface area contributed by atoms with Gasteiger partial charge in [-0.2, -0.15) is 0 Å². The van der Waals surface area contributed by atoms with Crippen LogP contribution in [0, 0.1) is 13.8 Å². The highest BCUT2D eigenvalue weighted by atomic mass is 32.2. The summed E-state index contributed by atoms with van der Waals surface area (Å²) >= 11 is 3.34. The molecule has 1 aliphatic rings. The Morgan fingerprint density at radius 1 is 1.30 bits per heavy atom. The Balaban J connectivity index is 2.21. The largest absolute Gasteiger partial charge is 0.272 e. The van der Waals surface area contributed by atoms with E-state index in [1.807, 2.05) is 4.57 Å². The average Bonchev–Trinajstić information content (AvgIpc) is 2.85. The maximum atomic E-state index is 13.1. The van der Waals surface area contributed by atoms with Gasteiger partial charge in [-0.3, -0.25) is 9.36 Å². The van der Waals surface area contributed by atoms with Crippen molar-refractivity contribution in [1.82, 2.24) is 9.55 Å². The Morgan fingerprint density at radius 2 is 2.00 bits per heavy atom. The van der Waals surface area contributed by atoms with Gasteiger partial charge in [0.05, 0.1) is 16.3 Å². The minimum atomic E-state index is 0.0907. The van der Waals surface area contributed by atoms with Crippen LogP contribution in [0.25, 0.3) is 5.69 Å². The molecule has 0 saturated carbocycles. The van der Waals surface area contributed by atoms with Gasteiger partial charge in [-0.1, -0.05) is 31.7 Å². The first-order chi connectivity index (χ1) is 11.0. The molecule has 0 N–H and O–H groups in total. The first kappa shape index (κ1) is 16.7. The lowest BCUT2D eigenvalue weighted by Crippen LogP contribution is -2.24. The molecular formula is C18H22N2OS2. The van der Waals surface area contributed by atoms with Crippen LogP contribution in [-0.2, 0) is 6.42 Å². The lowest BCUT2D eigenvalue weighted by molar-refractivity contribution is 0.730. The van der Waals surface area contributed by atoms with Crippen molar-refractivity contribution in [3.63, 3.8) is 0 Å². The minimum Gasteiger partial charge on any atom is -0.268 e. The predicted octanol–water partition coefficient (Wildman–Crippen LogP) is 4.39. The molecule has 2 aromatic rings. The SMILES string of the molecule is CCCSc1nc2c(c(=O)n1-c1cc(C)cc(C)c1)S[C@@H](C)C2. The average molecular weight is 347 g/mol. The molecule has 0 bridgehead atoms. The van der Waals surface area contributed by atoms with Crippen molar-refractivity contribution in [2.45, 2.75) is 55.8 Å². The van der Waals surface area contributed by atoms with Gasteiger partial charge >= 0.3 is 0 Å². The predicted molar refractivity (Wildman–Crippen MR) is 99.3 cm³/mol. The van der Waals surface area contributed by atoms with Crippen molar-refractivity contribution in [1.29, 1.82) is 0 Å². The minimum absolute atomic E-state index is 0.0907. The van der Waals surface area contributed by atoms with E-state index >= 15 is 0 Å². The molecule has 0 amide bonds. The second kappa shape index (κ2) is 6.73. The van der Waals surface area contributed by atoms with E-state index in [9.17, 15) is 4.79 Å². The highest BCUT2D eigenvalue weighted by molar-refractivity contribution is 8.00. The van der Waals surface area contributed by atoms with Crippen molar-refractivity contribution in [2.75, 3.05) is 5.75 Å². The summed E-state index contributed by atoms with van der Waals surface area (Å²) in [5.41, 5.74) is 4.33. The molecule has 1 atom stereocenters. The summed E-state index contributed by atoms with van der Waals surface area (Å²) in [6.45, 7) is 8.44. The van der Waals surface area contributed by atoms with Gasteiger partial charge in [0.1, 0.15) is 0 Å². The Labute approximate surface area is 145 Å². The molecule has 0 spiro atoms. The maximum Gasteiger partial charge on any atom is 0.272 e. The Hall–Kier alpha value is -1.20. The molecule has 5 heteroatoms. The van der Waals surface area contributed by atoms with Crippen LogP contribution >= 0.6 is 23.5 Å². The summed E-state index contributed by atoms with van der Waals surface area (Å²) in [5.74, 6) is 0.971. The normalized spacial score (nSPS) is 16.6. The van der Waals surface area contributed by atoms with Crippen LogP contribution in [0.3, 0.4) is 0 Å². The van der Waals surface area contributed by atoms with Gasteiger partial charge < -0.3 is 0 Å². The standard InChI is InChI=1S/C18H22N2OS2/c1-5-6-22-18-19-15-10-13(4)23-16(15)17(21)20(18)14-8-11(2)7-12(3)9-14/h7-9,13H,5-6,10H2,1-4H3/t13-/m0/s1. The molecule has 3 rings (SSSR count). The quantitative estimate of drug-likeness (QED) is 0.607. The molecular weight excluding hydrogens is 324 g/mol. The van der Waals surface area contributed by atoms with Crippen molar-refractivity contribution < 1.29 is 0 Å². The summed E-state index contributed by atoms with van der Waals surface area (Å²) in [6, 6.07) is 6.27. The van der Waals surface area contributed by atoms with E-state index in [-0.39, 0.29) is 5.56 Å². The zero-order chi connectivity index (χ0) is 16.6. The highest BCUT2D eigenvalue weighted by Gasteiger charge is 2.26. The topological polar surface area (TPSA) is 34.9 Å². The van der Waals surface area contributed by atoms with E-state index < -0.39 is 0 Å². The molecule has 0 saturated heterocycles. The van der Waals surface area contributed by atoms with Gasteiger partial charge in [0, 0.05) is 17.4 Å². The summed E-state index contributed by atoms with van der Waals surface area (Å²) in [4.78, 5) is 18.8. The third-order valence-electron chi connectivity index (χ3n) is 3.78. The second-order valence-corrected chi connectivity index (χ2v) is 8.65. The summed E-state index contributed by atoms with van der Waals surface area (Å²) in [7, 11) is 0. The van der Waals surface area contributed by atoms with Gasteiger partial charge in [-0.15, -0.1) is 11.8 Å². The maximum absolute atomic E-state index is 13.1. The lowest BCUT2D eigenvalue weighted by Gasteiger charge is -2.14. The van der Waals surface area contributed by atoms with E-state index in [2.05, 4.69) is 45.9 Å². The molecule has 122 valence electrons. The third kappa shape index (κ3) is 3.36. The Morgan fingerprint density at radius 3 is 2.65 bits per heavy atom. The lowest BCUT2D eigenvalue weighted by atomic mass is 10.1. The fourth-order valence-electron chi connectivity index (χ4n) is 2.90. The summed E-state index contributed by atoms with van der Waals surface area (Å²) in [6.07, 6.45) is 1.96. The molecule has 3 nitrogen and oxygen atoms in total. The molecule has 0 unspecified atom stereocenters. The number of aromatic nitrogens is 2. The zero-order valence-electron chi connectivity index (χ0n) is 14.0. The van der Waals surface area contributed by atoms with Crippen LogP contribution in [0.15, 0.2) is 33.0 Å². The Kier molecular flexibility index (Phi) is 4.87. The van der Waals surface area contributed by atoms with Gasteiger partial charge in [-0.05, 0) is 43.5 Å². The number of thioether (sulfide) groups is 2. The Bertz CT molecular complexity index is 778. The number of hydrogen-bond donors (Lipinski definition) is 0. The van der Waals surface area contributed by atoms with Crippen molar-refractivity contribution in [3.8, 4) is 5.69 Å². The van der Waals surface area contributed by atoms with E-state index in [0.717, 1.165) is 40.0 Å². The van der Waals surface area contributed by atoms with Crippen LogP contribution in [0.2, 0.25) is 0 Å². The molecule has 0 aliphatic carbocycles. The fraction of sp³-hybridized carbons (Fsp3) is 0.444. The summed E-state index contributed by atoms with van der Waals surface area (Å²) in [5, 5.41) is 1.26. The smallest absolute Gasteiger partial charge is 0.268 e. The summed E-state index contributed by atoms with van der Waals surface area (Å²) < 4.78 is 1.81. The molecule has 0 radical (unpaired) electrons. The first-order valence-electron chi connectivity index (χ1n) is 8.03. The number of rotatable bonds is 4. The van der Waals surface area contributed by atoms with Crippen LogP contribution in [0.5, 0.6) is 0 Å². The number of fused-ring (bicyclic) bond motifs is 1. The van der Waals surface area contributed by atoms with Gasteiger partial charge in [0.25, 0.3) is 5.56 Å². The monoisotopic (exact) mass is 346 g/mol. The molecule has 0 fully saturated rings. The second-order valence-electron chi connectivity index (χ2n) is 6.14. The van der Waals surface area contributed by atoms with Crippen molar-refractivity contribution in [3.05, 3.63) is 45.4 Å². The van der Waals surface area contributed by atoms with Crippen LogP contribution in [0.4, 0.5) is 0 Å². The van der Waals surface area contributed by atoms with Crippen molar-refractivity contribution in [2.24, 2.45) is 0 Å². The third-order valence-corrected chi connectivity index (χ3v) is 6.14. The number of hydrogen-bond acceptors (Lipinski definition) is 4. The van der Waals surface area contributed by atoms with Gasteiger partial charge in [0.15, 0.2) is 5.16 Å². The molecule has 1 aromatic carbocycles. The molecule has 23 heavy (non-hydrogen) atoms. The fourth-order valence-corrected chi connectivity index (χ4v) is 4.88. The van der Waals surface area contributed by atoms with E-state index in [0.29, 0.717) is 5.25 Å². The number of aryl methyl sites for hydroxylation is 2. The van der Waals surface area contributed by atoms with Crippen LogP contribution in [-0.4, -0.2) is 20.6 Å². The van der Waals surface area contributed by atoms with E-state index in [1.165, 1.54) is 11.1 Å². The zero-order valence-corrected chi connectivity index (χ0v) is 15.7. The van der Waals surface area contributed by atoms with Gasteiger partial charge in [0.2, 0.25) is 0 Å². The van der Waals surface area contributed by atoms with Crippen LogP contribution < -0.4 is 5.56 Å². The number of nitrogens with zero attached hydrogens (tertiary/aromatic N) is 2. The number of benzene rings is 1. The molecule has 1 aromatic heterocycles. The first-order valence-corrected chi connectivity index (χ1v) is 9.90. The molecule has 2 heterocycles. The van der Waals surface area contributed by atoms with Crippen LogP contribution in [0.1, 0.15) is 37.1 Å². The van der Waals surface area contributed by atoms with E-state index in [1.54, 1.807) is 23.5 Å². The molecule has 1 aliphatic heterocycles. The van der Waals surface area contributed by atoms with Crippen molar-refractivity contribution >= 4 is 23.5 Å². The highest BCUT2D eigenvalue weighted by Crippen LogP contribution is 2.35. The van der Waals surface area contributed by atoms with E-state index in [4.69, 9.17) is 4.98 Å². The van der Waals surface area contributed by atoms with Gasteiger partial charge in [-0.25, -0.2) is 4.98 Å².